The average molecular weight is 678 g/mol. The van der Waals surface area contributed by atoms with Gasteiger partial charge in [0.15, 0.2) is 0 Å². The molecular formula is C28H12F14O2S. The van der Waals surface area contributed by atoms with E-state index in [1.807, 2.05) is 0 Å². The lowest BCUT2D eigenvalue weighted by Gasteiger charge is -2.16. The second-order valence-electron chi connectivity index (χ2n) is 9.38. The molecule has 0 unspecified atom stereocenters. The van der Waals surface area contributed by atoms with E-state index in [9.17, 15) is 69.9 Å². The summed E-state index contributed by atoms with van der Waals surface area (Å²) in [6, 6.07) is 2.63. The molecule has 17 heteroatoms. The second kappa shape index (κ2) is 11.0. The number of hydrogen-bond donors (Lipinski definition) is 0. The van der Waals surface area contributed by atoms with Crippen molar-refractivity contribution in [3.8, 4) is 22.3 Å². The number of halogens is 14. The number of benzene rings is 4. The maximum absolute atomic E-state index is 14.7. The van der Waals surface area contributed by atoms with Crippen LogP contribution in [0.1, 0.15) is 22.3 Å². The molecule has 0 aliphatic heterocycles. The van der Waals surface area contributed by atoms with Gasteiger partial charge in [-0.15, -0.1) is 0 Å². The van der Waals surface area contributed by atoms with Crippen LogP contribution in [0.5, 0.6) is 0 Å². The number of alkyl halides is 12. The monoisotopic (exact) mass is 678 g/mol. The predicted octanol–water partition coefficient (Wildman–Crippen LogP) is 10.2. The van der Waals surface area contributed by atoms with E-state index in [2.05, 4.69) is 0 Å². The predicted molar refractivity (Wildman–Crippen MR) is 129 cm³/mol. The Labute approximate surface area is 243 Å². The Morgan fingerprint density at radius 2 is 0.667 bits per heavy atom. The van der Waals surface area contributed by atoms with Crippen molar-refractivity contribution >= 4 is 9.84 Å². The van der Waals surface area contributed by atoms with Crippen molar-refractivity contribution in [3.63, 3.8) is 0 Å². The van der Waals surface area contributed by atoms with Crippen molar-refractivity contribution in [2.75, 3.05) is 0 Å². The van der Waals surface area contributed by atoms with E-state index < -0.39 is 100 Å². The van der Waals surface area contributed by atoms with Crippen molar-refractivity contribution in [2.45, 2.75) is 34.5 Å². The van der Waals surface area contributed by atoms with E-state index >= 15 is 0 Å². The number of rotatable bonds is 4. The van der Waals surface area contributed by atoms with Crippen LogP contribution in [0, 0.1) is 11.6 Å². The highest BCUT2D eigenvalue weighted by Crippen LogP contribution is 2.42. The van der Waals surface area contributed by atoms with Gasteiger partial charge in [-0.1, -0.05) is 0 Å². The van der Waals surface area contributed by atoms with Gasteiger partial charge in [-0.25, -0.2) is 17.2 Å². The molecular weight excluding hydrogens is 666 g/mol. The first kappa shape index (κ1) is 33.7. The van der Waals surface area contributed by atoms with Crippen LogP contribution in [-0.4, -0.2) is 8.42 Å². The van der Waals surface area contributed by atoms with Crippen LogP contribution < -0.4 is 0 Å². The average Bonchev–Trinajstić information content (AvgIpc) is 2.91. The zero-order chi connectivity index (χ0) is 33.9. The maximum atomic E-state index is 14.7. The van der Waals surface area contributed by atoms with E-state index in [0.717, 1.165) is 0 Å². The smallest absolute Gasteiger partial charge is 0.219 e. The summed E-state index contributed by atoms with van der Waals surface area (Å²) in [6.07, 6.45) is -21.3. The van der Waals surface area contributed by atoms with Crippen LogP contribution in [0.3, 0.4) is 0 Å². The third-order valence-corrected chi connectivity index (χ3v) is 8.04. The van der Waals surface area contributed by atoms with Gasteiger partial charge in [0.1, 0.15) is 11.6 Å². The molecule has 0 N–H and O–H groups in total. The Hall–Kier alpha value is -4.15. The fourth-order valence-electron chi connectivity index (χ4n) is 4.14. The largest absolute Gasteiger partial charge is 0.416 e. The van der Waals surface area contributed by atoms with Crippen LogP contribution >= 0.6 is 0 Å². The van der Waals surface area contributed by atoms with Crippen molar-refractivity contribution in [1.29, 1.82) is 0 Å². The Balaban J connectivity index is 1.89. The highest BCUT2D eigenvalue weighted by atomic mass is 32.2. The Kier molecular flexibility index (Phi) is 8.27. The molecule has 0 radical (unpaired) electrons. The molecule has 0 spiro atoms. The van der Waals surface area contributed by atoms with Gasteiger partial charge in [0.05, 0.1) is 32.0 Å². The first-order valence-electron chi connectivity index (χ1n) is 11.8. The molecule has 4 rings (SSSR count). The molecule has 0 heterocycles. The fourth-order valence-corrected chi connectivity index (χ4v) is 5.46. The Morgan fingerprint density at radius 3 is 0.911 bits per heavy atom. The molecule has 0 fully saturated rings. The van der Waals surface area contributed by atoms with Crippen LogP contribution in [0.15, 0.2) is 82.6 Å². The lowest BCUT2D eigenvalue weighted by molar-refractivity contribution is -0.144. The third kappa shape index (κ3) is 7.07. The molecule has 0 saturated carbocycles. The normalized spacial score (nSPS) is 13.3. The minimum Gasteiger partial charge on any atom is -0.219 e. The van der Waals surface area contributed by atoms with Crippen LogP contribution in [0.4, 0.5) is 61.5 Å². The van der Waals surface area contributed by atoms with Crippen molar-refractivity contribution in [2.24, 2.45) is 0 Å². The van der Waals surface area contributed by atoms with E-state index in [0.29, 0.717) is 36.4 Å². The van der Waals surface area contributed by atoms with Crippen molar-refractivity contribution in [3.05, 3.63) is 107 Å². The summed E-state index contributed by atoms with van der Waals surface area (Å²) in [5, 5.41) is 0. The number of hydrogen-bond acceptors (Lipinski definition) is 2. The molecule has 0 saturated heterocycles. The standard InChI is InChI=1S/C28H12F14O2S/c29-23-3-1-19(11-21(23)13-5-15(25(31,32)33)9-16(6-13)26(34,35)36)45(43,44)20-2-4-24(30)22(12-20)14-7-17(27(37,38)39)10-18(8-14)28(40,41)42/h1-12H. The Morgan fingerprint density at radius 1 is 0.400 bits per heavy atom. The van der Waals surface area contributed by atoms with Crippen LogP contribution in [0.25, 0.3) is 22.3 Å². The van der Waals surface area contributed by atoms with E-state index in [4.69, 9.17) is 0 Å². The van der Waals surface area contributed by atoms with Crippen LogP contribution in [-0.2, 0) is 34.5 Å². The molecule has 0 bridgehead atoms. The molecule has 0 aliphatic carbocycles. The van der Waals surface area contributed by atoms with Crippen molar-refractivity contribution < 1.29 is 69.9 Å². The van der Waals surface area contributed by atoms with E-state index in [1.54, 1.807) is 0 Å². The van der Waals surface area contributed by atoms with Gasteiger partial charge in [-0.05, 0) is 83.9 Å². The lowest BCUT2D eigenvalue weighted by atomic mass is 9.98. The molecule has 0 amide bonds. The molecule has 45 heavy (non-hydrogen) atoms. The zero-order valence-corrected chi connectivity index (χ0v) is 22.3. The first-order chi connectivity index (χ1) is 20.4. The van der Waals surface area contributed by atoms with Crippen LogP contribution in [0.2, 0.25) is 0 Å². The summed E-state index contributed by atoms with van der Waals surface area (Å²) in [6.45, 7) is 0. The van der Waals surface area contributed by atoms with Gasteiger partial charge in [0, 0.05) is 11.1 Å². The van der Waals surface area contributed by atoms with E-state index in [-0.39, 0.29) is 36.4 Å². The summed E-state index contributed by atoms with van der Waals surface area (Å²) in [4.78, 5) is -1.94. The highest BCUT2D eigenvalue weighted by molar-refractivity contribution is 7.91. The topological polar surface area (TPSA) is 34.1 Å². The molecule has 0 aliphatic rings. The quantitative estimate of drug-likeness (QED) is 0.159. The third-order valence-electron chi connectivity index (χ3n) is 6.29. The minimum absolute atomic E-state index is 0.131. The lowest BCUT2D eigenvalue weighted by Crippen LogP contribution is -2.11. The number of sulfone groups is 1. The van der Waals surface area contributed by atoms with E-state index in [1.165, 1.54) is 0 Å². The maximum Gasteiger partial charge on any atom is 0.416 e. The molecule has 4 aromatic rings. The van der Waals surface area contributed by atoms with Crippen molar-refractivity contribution in [1.82, 2.24) is 0 Å². The first-order valence-corrected chi connectivity index (χ1v) is 13.3. The highest BCUT2D eigenvalue weighted by Gasteiger charge is 2.39. The van der Waals surface area contributed by atoms with Gasteiger partial charge < -0.3 is 0 Å². The molecule has 4 aromatic carbocycles. The molecule has 0 atom stereocenters. The molecule has 0 aromatic heterocycles. The van der Waals surface area contributed by atoms with Gasteiger partial charge in [0.25, 0.3) is 0 Å². The zero-order valence-electron chi connectivity index (χ0n) is 21.4. The van der Waals surface area contributed by atoms with Gasteiger partial charge in [-0.3, -0.25) is 0 Å². The second-order valence-corrected chi connectivity index (χ2v) is 11.3. The summed E-state index contributed by atoms with van der Waals surface area (Å²) < 4.78 is 216. The summed E-state index contributed by atoms with van der Waals surface area (Å²) >= 11 is 0. The fraction of sp³-hybridized carbons (Fsp3) is 0.143. The van der Waals surface area contributed by atoms with Gasteiger partial charge in [0.2, 0.25) is 9.84 Å². The van der Waals surface area contributed by atoms with Gasteiger partial charge >= 0.3 is 24.7 Å². The summed E-state index contributed by atoms with van der Waals surface area (Å²) in [7, 11) is -5.01. The van der Waals surface area contributed by atoms with Gasteiger partial charge in [-0.2, -0.15) is 52.7 Å². The minimum atomic E-state index is -5.34. The Bertz CT molecular complexity index is 1690. The SMILES string of the molecule is O=S(=O)(c1ccc(F)c(-c2cc(C(F)(F)F)cc(C(F)(F)F)c2)c1)c1ccc(F)c(-c2cc(C(F)(F)F)cc(C(F)(F)F)c2)c1. The molecule has 2 nitrogen and oxygen atoms in total. The summed E-state index contributed by atoms with van der Waals surface area (Å²) in [5.41, 5.74) is -11.5. The molecule has 240 valence electrons. The summed E-state index contributed by atoms with van der Waals surface area (Å²) in [5.74, 6) is -2.91.